The van der Waals surface area contributed by atoms with Crippen molar-refractivity contribution in [3.63, 3.8) is 0 Å². The Hall–Kier alpha value is -2.54. The number of carbonyl (C=O) groups excluding carboxylic acids is 1. The predicted octanol–water partition coefficient (Wildman–Crippen LogP) is 2.13. The summed E-state index contributed by atoms with van der Waals surface area (Å²) < 4.78 is 32.4. The fraction of sp³-hybridized carbons (Fsp3) is 0.188. The summed E-state index contributed by atoms with van der Waals surface area (Å²) in [6.07, 6.45) is 0.261. The predicted molar refractivity (Wildman–Crippen MR) is 88.0 cm³/mol. The maximum absolute atomic E-state index is 12.4. The van der Waals surface area contributed by atoms with Gasteiger partial charge in [-0.1, -0.05) is 18.2 Å². The van der Waals surface area contributed by atoms with Gasteiger partial charge in [0, 0.05) is 16.9 Å². The molecule has 0 aromatic heterocycles. The number of methoxy groups -OCH3 is 1. The van der Waals surface area contributed by atoms with Crippen LogP contribution in [0.1, 0.15) is 11.1 Å². The van der Waals surface area contributed by atoms with Crippen LogP contribution in [-0.2, 0) is 27.0 Å². The minimum Gasteiger partial charge on any atom is -0.496 e. The molecule has 0 unspecified atom stereocenters. The van der Waals surface area contributed by atoms with Gasteiger partial charge in [-0.25, -0.2) is 8.42 Å². The van der Waals surface area contributed by atoms with Crippen LogP contribution in [0.15, 0.2) is 42.5 Å². The Morgan fingerprint density at radius 3 is 2.78 bits per heavy atom. The van der Waals surface area contributed by atoms with Crippen molar-refractivity contribution in [1.82, 2.24) is 0 Å². The molecule has 0 bridgehead atoms. The number of sulfonamides is 1. The maximum atomic E-state index is 12.4. The number of hydrogen-bond donors (Lipinski definition) is 2. The van der Waals surface area contributed by atoms with E-state index in [1.54, 1.807) is 42.5 Å². The second kappa shape index (κ2) is 5.92. The number of fused-ring (bicyclic) bond motifs is 1. The lowest BCUT2D eigenvalue weighted by atomic mass is 10.1. The van der Waals surface area contributed by atoms with E-state index in [0.29, 0.717) is 17.0 Å². The number of nitrogens with one attached hydrogen (secondary N) is 2. The van der Waals surface area contributed by atoms with Crippen molar-refractivity contribution in [2.45, 2.75) is 12.2 Å². The lowest BCUT2D eigenvalue weighted by molar-refractivity contribution is -0.115. The summed E-state index contributed by atoms with van der Waals surface area (Å²) in [5.74, 6) is 0.251. The van der Waals surface area contributed by atoms with Crippen LogP contribution >= 0.6 is 0 Å². The highest BCUT2D eigenvalue weighted by molar-refractivity contribution is 7.91. The molecule has 0 aliphatic carbocycles. The van der Waals surface area contributed by atoms with Crippen molar-refractivity contribution >= 4 is 27.3 Å². The second-order valence-electron chi connectivity index (χ2n) is 5.27. The van der Waals surface area contributed by atoms with Crippen LogP contribution in [0, 0.1) is 0 Å². The van der Waals surface area contributed by atoms with Crippen molar-refractivity contribution in [1.29, 1.82) is 0 Å². The molecule has 3 rings (SSSR count). The fourth-order valence-electron chi connectivity index (χ4n) is 2.54. The maximum Gasteiger partial charge on any atom is 0.237 e. The molecule has 7 heteroatoms. The number of carbonyl (C=O) groups is 1. The summed E-state index contributed by atoms with van der Waals surface area (Å²) in [5.41, 5.74) is 2.53. The van der Waals surface area contributed by atoms with E-state index < -0.39 is 10.0 Å². The highest BCUT2D eigenvalue weighted by Gasteiger charge is 2.19. The zero-order chi connectivity index (χ0) is 16.4. The Morgan fingerprint density at radius 1 is 1.22 bits per heavy atom. The molecule has 0 atom stereocenters. The highest BCUT2D eigenvalue weighted by atomic mass is 32.2. The Labute approximate surface area is 134 Å². The third-order valence-electron chi connectivity index (χ3n) is 3.54. The lowest BCUT2D eigenvalue weighted by Crippen LogP contribution is -2.15. The molecule has 120 valence electrons. The number of ether oxygens (including phenoxy) is 1. The van der Waals surface area contributed by atoms with E-state index in [9.17, 15) is 13.2 Å². The zero-order valence-electron chi connectivity index (χ0n) is 12.5. The molecule has 0 fully saturated rings. The van der Waals surface area contributed by atoms with Gasteiger partial charge in [-0.2, -0.15) is 0 Å². The van der Waals surface area contributed by atoms with Crippen molar-refractivity contribution in [3.05, 3.63) is 53.6 Å². The van der Waals surface area contributed by atoms with E-state index in [-0.39, 0.29) is 18.1 Å². The number of hydrogen-bond acceptors (Lipinski definition) is 4. The number of rotatable bonds is 5. The first-order valence-electron chi connectivity index (χ1n) is 7.02. The first kappa shape index (κ1) is 15.4. The molecule has 0 spiro atoms. The molecule has 1 aliphatic heterocycles. The standard InChI is InChI=1S/C16H16N2O4S/c1-22-15-5-3-2-4-11(15)10-23(20,21)18-13-6-7-14-12(8-13)9-16(19)17-14/h2-8,18H,9-10H2,1H3,(H,17,19). The molecule has 1 aliphatic rings. The van der Waals surface area contributed by atoms with E-state index in [1.165, 1.54) is 7.11 Å². The van der Waals surface area contributed by atoms with Gasteiger partial charge >= 0.3 is 0 Å². The summed E-state index contributed by atoms with van der Waals surface area (Å²) in [6, 6.07) is 12.0. The van der Waals surface area contributed by atoms with Crippen molar-refractivity contribution < 1.29 is 17.9 Å². The normalized spacial score (nSPS) is 13.3. The molecule has 1 amide bonds. The number of benzene rings is 2. The van der Waals surface area contributed by atoms with Gasteiger partial charge in [0.2, 0.25) is 15.9 Å². The molecule has 0 saturated heterocycles. The number of amides is 1. The third kappa shape index (κ3) is 3.45. The van der Waals surface area contributed by atoms with Crippen LogP contribution in [0.4, 0.5) is 11.4 Å². The van der Waals surface area contributed by atoms with Gasteiger partial charge < -0.3 is 10.1 Å². The Bertz CT molecular complexity index is 862. The topological polar surface area (TPSA) is 84.5 Å². The van der Waals surface area contributed by atoms with Gasteiger partial charge in [0.05, 0.1) is 19.3 Å². The van der Waals surface area contributed by atoms with Crippen molar-refractivity contribution in [2.75, 3.05) is 17.1 Å². The van der Waals surface area contributed by atoms with Crippen LogP contribution < -0.4 is 14.8 Å². The fourth-order valence-corrected chi connectivity index (χ4v) is 3.74. The monoisotopic (exact) mass is 332 g/mol. The zero-order valence-corrected chi connectivity index (χ0v) is 13.3. The second-order valence-corrected chi connectivity index (χ2v) is 6.99. The Morgan fingerprint density at radius 2 is 2.00 bits per heavy atom. The van der Waals surface area contributed by atoms with Crippen LogP contribution in [0.5, 0.6) is 5.75 Å². The van der Waals surface area contributed by atoms with Gasteiger partial charge in [0.15, 0.2) is 0 Å². The lowest BCUT2D eigenvalue weighted by Gasteiger charge is -2.11. The average molecular weight is 332 g/mol. The Balaban J connectivity index is 1.79. The molecule has 2 aromatic rings. The first-order chi connectivity index (χ1) is 11.0. The largest absolute Gasteiger partial charge is 0.496 e. The van der Waals surface area contributed by atoms with Crippen LogP contribution in [0.3, 0.4) is 0 Å². The van der Waals surface area contributed by atoms with E-state index in [4.69, 9.17) is 4.74 Å². The van der Waals surface area contributed by atoms with Crippen LogP contribution in [0.25, 0.3) is 0 Å². The smallest absolute Gasteiger partial charge is 0.237 e. The van der Waals surface area contributed by atoms with Crippen molar-refractivity contribution in [3.8, 4) is 5.75 Å². The van der Waals surface area contributed by atoms with Gasteiger partial charge in [0.1, 0.15) is 5.75 Å². The van der Waals surface area contributed by atoms with Gasteiger partial charge in [-0.05, 0) is 29.8 Å². The molecule has 2 N–H and O–H groups in total. The van der Waals surface area contributed by atoms with Crippen LogP contribution in [-0.4, -0.2) is 21.4 Å². The summed E-state index contributed by atoms with van der Waals surface area (Å²) in [6.45, 7) is 0. The average Bonchev–Trinajstić information content (AvgIpc) is 2.86. The van der Waals surface area contributed by atoms with E-state index in [0.717, 1.165) is 11.3 Å². The minimum absolute atomic E-state index is 0.0889. The number of para-hydroxylation sites is 1. The van der Waals surface area contributed by atoms with Crippen LogP contribution in [0.2, 0.25) is 0 Å². The van der Waals surface area contributed by atoms with E-state index in [2.05, 4.69) is 10.0 Å². The molecule has 0 radical (unpaired) electrons. The number of anilines is 2. The van der Waals surface area contributed by atoms with Gasteiger partial charge in [0.25, 0.3) is 0 Å². The SMILES string of the molecule is COc1ccccc1CS(=O)(=O)Nc1ccc2c(c1)CC(=O)N2. The summed E-state index contributed by atoms with van der Waals surface area (Å²) in [4.78, 5) is 11.3. The minimum atomic E-state index is -3.59. The summed E-state index contributed by atoms with van der Waals surface area (Å²) in [5, 5.41) is 2.71. The van der Waals surface area contributed by atoms with Gasteiger partial charge in [-0.3, -0.25) is 9.52 Å². The summed E-state index contributed by atoms with van der Waals surface area (Å²) >= 11 is 0. The third-order valence-corrected chi connectivity index (χ3v) is 4.78. The molecule has 1 heterocycles. The quantitative estimate of drug-likeness (QED) is 0.878. The molecular weight excluding hydrogens is 316 g/mol. The van der Waals surface area contributed by atoms with Gasteiger partial charge in [-0.15, -0.1) is 0 Å². The van der Waals surface area contributed by atoms with E-state index in [1.807, 2.05) is 0 Å². The highest BCUT2D eigenvalue weighted by Crippen LogP contribution is 2.27. The van der Waals surface area contributed by atoms with E-state index >= 15 is 0 Å². The molecular formula is C16H16N2O4S. The molecule has 2 aromatic carbocycles. The summed E-state index contributed by atoms with van der Waals surface area (Å²) in [7, 11) is -2.08. The van der Waals surface area contributed by atoms with Crippen molar-refractivity contribution in [2.24, 2.45) is 0 Å². The molecule has 0 saturated carbocycles. The molecule has 6 nitrogen and oxygen atoms in total. The Kier molecular flexibility index (Phi) is 3.96. The molecule has 23 heavy (non-hydrogen) atoms. The first-order valence-corrected chi connectivity index (χ1v) is 8.67.